The monoisotopic (exact) mass is 491 g/mol. The number of aromatic hydroxyl groups is 1. The Morgan fingerprint density at radius 2 is 2.06 bits per heavy atom. The molecule has 0 unspecified atom stereocenters. The molecule has 184 valence electrons. The third kappa shape index (κ3) is 4.34. The average Bonchev–Trinajstić information content (AvgIpc) is 3.47. The van der Waals surface area contributed by atoms with E-state index in [1.54, 1.807) is 24.7 Å². The summed E-state index contributed by atoms with van der Waals surface area (Å²) in [6, 6.07) is 7.70. The summed E-state index contributed by atoms with van der Waals surface area (Å²) in [7, 11) is 3.15. The Labute approximate surface area is 204 Å². The van der Waals surface area contributed by atoms with Crippen LogP contribution in [0.3, 0.4) is 0 Å². The number of nitriles is 1. The molecule has 0 radical (unpaired) electrons. The van der Waals surface area contributed by atoms with Crippen LogP contribution in [0.25, 0.3) is 0 Å². The van der Waals surface area contributed by atoms with Crippen molar-refractivity contribution in [1.82, 2.24) is 24.5 Å². The van der Waals surface area contributed by atoms with Gasteiger partial charge >= 0.3 is 0 Å². The van der Waals surface area contributed by atoms with Crippen molar-refractivity contribution < 1.29 is 18.8 Å². The Morgan fingerprint density at radius 1 is 1.31 bits per heavy atom. The van der Waals surface area contributed by atoms with Crippen molar-refractivity contribution in [1.29, 1.82) is 5.26 Å². The van der Waals surface area contributed by atoms with Gasteiger partial charge in [0.15, 0.2) is 5.69 Å². The summed E-state index contributed by atoms with van der Waals surface area (Å²) in [5.41, 5.74) is 0.763. The van der Waals surface area contributed by atoms with Gasteiger partial charge in [0, 0.05) is 31.6 Å². The molecular formula is C24H22FN7O4. The second-order valence-electron chi connectivity index (χ2n) is 8.34. The molecule has 3 aromatic heterocycles. The third-order valence-electron chi connectivity index (χ3n) is 6.03. The molecule has 12 heteroatoms. The fourth-order valence-electron chi connectivity index (χ4n) is 4.10. The maximum atomic E-state index is 14.4. The first-order chi connectivity index (χ1) is 17.1. The Kier molecular flexibility index (Phi) is 6.39. The second-order valence-corrected chi connectivity index (χ2v) is 8.34. The van der Waals surface area contributed by atoms with Gasteiger partial charge in [-0.15, -0.1) is 0 Å². The van der Waals surface area contributed by atoms with Crippen LogP contribution in [-0.4, -0.2) is 35.5 Å². The van der Waals surface area contributed by atoms with E-state index in [2.05, 4.69) is 31.1 Å². The Morgan fingerprint density at radius 3 is 2.67 bits per heavy atom. The smallest absolute Gasteiger partial charge is 0.296 e. The summed E-state index contributed by atoms with van der Waals surface area (Å²) < 4.78 is 21.8. The highest BCUT2D eigenvalue weighted by atomic mass is 19.1. The van der Waals surface area contributed by atoms with Crippen LogP contribution in [0.15, 0.2) is 46.0 Å². The van der Waals surface area contributed by atoms with Gasteiger partial charge < -0.3 is 14.9 Å². The number of nitrogens with one attached hydrogen (secondary N) is 1. The molecule has 0 saturated heterocycles. The van der Waals surface area contributed by atoms with E-state index >= 15 is 0 Å². The fraction of sp³-hybridized carbons (Fsp3) is 0.250. The largest absolute Gasteiger partial charge is 0.501 e. The van der Waals surface area contributed by atoms with Gasteiger partial charge in [-0.25, -0.2) is 9.37 Å². The lowest BCUT2D eigenvalue weighted by molar-refractivity contribution is 0.101. The minimum atomic E-state index is -0.851. The lowest BCUT2D eigenvalue weighted by atomic mass is 9.81. The number of rotatable bonds is 6. The van der Waals surface area contributed by atoms with Gasteiger partial charge in [-0.1, -0.05) is 12.1 Å². The van der Waals surface area contributed by atoms with Gasteiger partial charge in [0.2, 0.25) is 5.75 Å². The quantitative estimate of drug-likeness (QED) is 0.418. The van der Waals surface area contributed by atoms with E-state index < -0.39 is 40.6 Å². The van der Waals surface area contributed by atoms with Crippen LogP contribution in [0.1, 0.15) is 57.6 Å². The maximum absolute atomic E-state index is 14.4. The lowest BCUT2D eigenvalue weighted by Gasteiger charge is -2.25. The summed E-state index contributed by atoms with van der Waals surface area (Å²) in [6.07, 6.45) is 2.42. The molecule has 0 spiro atoms. The number of anilines is 1. The Hall–Kier alpha value is -4.79. The van der Waals surface area contributed by atoms with Gasteiger partial charge in [-0.2, -0.15) is 10.4 Å². The number of aryl methyl sites for hydroxylation is 2. The first kappa shape index (κ1) is 24.3. The fourth-order valence-corrected chi connectivity index (χ4v) is 4.10. The zero-order valence-electron chi connectivity index (χ0n) is 19.9. The van der Waals surface area contributed by atoms with Crippen molar-refractivity contribution in [3.8, 4) is 11.8 Å². The van der Waals surface area contributed by atoms with Gasteiger partial charge in [-0.05, 0) is 36.8 Å². The van der Waals surface area contributed by atoms with Crippen molar-refractivity contribution in [2.75, 3.05) is 5.32 Å². The zero-order chi connectivity index (χ0) is 26.1. The number of hydrogen-bond acceptors (Lipinski definition) is 8. The molecule has 3 heterocycles. The first-order valence-corrected chi connectivity index (χ1v) is 10.8. The molecule has 2 N–H and O–H groups in total. The zero-order valence-corrected chi connectivity index (χ0v) is 19.9. The predicted molar refractivity (Wildman–Crippen MR) is 125 cm³/mol. The molecule has 2 atom stereocenters. The second kappa shape index (κ2) is 9.46. The van der Waals surface area contributed by atoms with Crippen LogP contribution in [-0.2, 0) is 14.1 Å². The molecule has 36 heavy (non-hydrogen) atoms. The Bertz CT molecular complexity index is 1530. The van der Waals surface area contributed by atoms with Crippen LogP contribution in [0.4, 0.5) is 10.1 Å². The highest BCUT2D eigenvalue weighted by Gasteiger charge is 2.32. The van der Waals surface area contributed by atoms with Crippen molar-refractivity contribution in [2.45, 2.75) is 25.7 Å². The minimum absolute atomic E-state index is 0.120. The topological polar surface area (TPSA) is 152 Å². The standard InChI is InChI=1S/C24H22FN7O4/c1-12-7-18(30-32(12)4)19(17-8-15(25)6-5-14(17)9-26)13(2)22-29-20(21(33)24(35)31(22)3)23(34)28-16-10-27-36-11-16/h5-8,10-11,13,19,33H,1-4H3,(H,28,34)/t13-,19+/m0/s1. The van der Waals surface area contributed by atoms with Crippen molar-refractivity contribution >= 4 is 11.6 Å². The summed E-state index contributed by atoms with van der Waals surface area (Å²) in [4.78, 5) is 30.0. The number of halogens is 1. The molecule has 0 saturated carbocycles. The number of aromatic nitrogens is 5. The number of nitrogens with zero attached hydrogens (tertiary/aromatic N) is 6. The van der Waals surface area contributed by atoms with Crippen LogP contribution < -0.4 is 10.9 Å². The minimum Gasteiger partial charge on any atom is -0.501 e. The van der Waals surface area contributed by atoms with Crippen LogP contribution in [0.5, 0.6) is 5.75 Å². The molecule has 4 rings (SSSR count). The lowest BCUT2D eigenvalue weighted by Crippen LogP contribution is -2.29. The Balaban J connectivity index is 1.89. The number of carbonyl (C=O) groups excluding carboxylic acids is 1. The molecule has 0 aliphatic carbocycles. The molecular weight excluding hydrogens is 469 g/mol. The number of hydrogen-bond donors (Lipinski definition) is 2. The molecule has 0 aliphatic rings. The molecule has 0 bridgehead atoms. The van der Waals surface area contributed by atoms with Gasteiger partial charge in [0.1, 0.15) is 23.6 Å². The molecule has 0 aliphatic heterocycles. The van der Waals surface area contributed by atoms with Gasteiger partial charge in [0.25, 0.3) is 11.5 Å². The van der Waals surface area contributed by atoms with E-state index in [1.807, 2.05) is 6.92 Å². The average molecular weight is 491 g/mol. The number of amides is 1. The highest BCUT2D eigenvalue weighted by molar-refractivity contribution is 6.04. The summed E-state index contributed by atoms with van der Waals surface area (Å²) in [5, 5.41) is 30.6. The normalized spacial score (nSPS) is 12.7. The molecule has 0 fully saturated rings. The first-order valence-electron chi connectivity index (χ1n) is 10.8. The highest BCUT2D eigenvalue weighted by Crippen LogP contribution is 2.39. The number of carbonyl (C=O) groups is 1. The molecule has 11 nitrogen and oxygen atoms in total. The third-order valence-corrected chi connectivity index (χ3v) is 6.03. The van der Waals surface area contributed by atoms with E-state index in [1.165, 1.54) is 37.7 Å². The SMILES string of the molecule is Cc1cc([C@@H](c2cc(F)ccc2C#N)[C@H](C)c2nc(C(=O)Nc3cnoc3)c(O)c(=O)n2C)nn1C. The van der Waals surface area contributed by atoms with E-state index in [-0.39, 0.29) is 17.1 Å². The number of benzene rings is 1. The maximum Gasteiger partial charge on any atom is 0.296 e. The van der Waals surface area contributed by atoms with Crippen molar-refractivity contribution in [3.63, 3.8) is 0 Å². The summed E-state index contributed by atoms with van der Waals surface area (Å²) >= 11 is 0. The van der Waals surface area contributed by atoms with E-state index in [0.717, 1.165) is 10.3 Å². The summed E-state index contributed by atoms with van der Waals surface area (Å²) in [5.74, 6) is -3.52. The van der Waals surface area contributed by atoms with Crippen molar-refractivity contribution in [3.05, 3.63) is 86.9 Å². The van der Waals surface area contributed by atoms with Gasteiger partial charge in [-0.3, -0.25) is 18.8 Å². The van der Waals surface area contributed by atoms with E-state index in [0.29, 0.717) is 11.3 Å². The van der Waals surface area contributed by atoms with Crippen LogP contribution >= 0.6 is 0 Å². The van der Waals surface area contributed by atoms with E-state index in [9.17, 15) is 24.3 Å². The molecule has 1 amide bonds. The van der Waals surface area contributed by atoms with E-state index in [4.69, 9.17) is 0 Å². The molecule has 4 aromatic rings. The van der Waals surface area contributed by atoms with Crippen LogP contribution in [0, 0.1) is 24.1 Å². The predicted octanol–water partition coefficient (Wildman–Crippen LogP) is 2.71. The molecule has 1 aromatic carbocycles. The summed E-state index contributed by atoms with van der Waals surface area (Å²) in [6.45, 7) is 3.57. The van der Waals surface area contributed by atoms with Gasteiger partial charge in [0.05, 0.1) is 23.5 Å². The van der Waals surface area contributed by atoms with Crippen LogP contribution in [0.2, 0.25) is 0 Å². The van der Waals surface area contributed by atoms with Crippen molar-refractivity contribution in [2.24, 2.45) is 14.1 Å².